The van der Waals surface area contributed by atoms with E-state index in [0.717, 1.165) is 0 Å². The highest BCUT2D eigenvalue weighted by Gasteiger charge is 2.06. The quantitative estimate of drug-likeness (QED) is 0.326. The number of nitro benzene ring substituents is 1. The lowest BCUT2D eigenvalue weighted by Crippen LogP contribution is -1.96. The van der Waals surface area contributed by atoms with Crippen molar-refractivity contribution < 1.29 is 10.1 Å². The van der Waals surface area contributed by atoms with Gasteiger partial charge < -0.3 is 5.21 Å². The van der Waals surface area contributed by atoms with Gasteiger partial charge in [-0.15, -0.1) is 0 Å². The zero-order chi connectivity index (χ0) is 9.84. The fourth-order valence-corrected chi connectivity index (χ4v) is 0.902. The Balaban J connectivity index is 3.13. The highest BCUT2D eigenvalue weighted by molar-refractivity contribution is 5.98. The Labute approximate surface area is 74.5 Å². The minimum atomic E-state index is -0.492. The normalized spacial score (nSPS) is 11.3. The van der Waals surface area contributed by atoms with Gasteiger partial charge in [0.25, 0.3) is 5.69 Å². The van der Waals surface area contributed by atoms with Crippen LogP contribution in [0.4, 0.5) is 5.69 Å². The van der Waals surface area contributed by atoms with Gasteiger partial charge in [0.2, 0.25) is 0 Å². The molecule has 5 heteroatoms. The van der Waals surface area contributed by atoms with Gasteiger partial charge in [-0.1, -0.05) is 17.3 Å². The molecule has 1 rings (SSSR count). The molecule has 5 nitrogen and oxygen atoms in total. The van der Waals surface area contributed by atoms with Crippen molar-refractivity contribution in [2.45, 2.75) is 6.92 Å². The predicted octanol–water partition coefficient (Wildman–Crippen LogP) is 1.79. The van der Waals surface area contributed by atoms with E-state index >= 15 is 0 Å². The SMILES string of the molecule is C/C(=N\O)c1cccc([N+](=O)[O-])c1. The van der Waals surface area contributed by atoms with Gasteiger partial charge >= 0.3 is 0 Å². The molecule has 1 aromatic carbocycles. The van der Waals surface area contributed by atoms with Gasteiger partial charge in [0.15, 0.2) is 0 Å². The Morgan fingerprint density at radius 1 is 1.62 bits per heavy atom. The first-order valence-electron chi connectivity index (χ1n) is 3.58. The Morgan fingerprint density at radius 2 is 2.31 bits per heavy atom. The topological polar surface area (TPSA) is 75.7 Å². The molecule has 0 unspecified atom stereocenters. The second-order valence-corrected chi connectivity index (χ2v) is 2.49. The summed E-state index contributed by atoms with van der Waals surface area (Å²) >= 11 is 0. The molecular weight excluding hydrogens is 172 g/mol. The van der Waals surface area contributed by atoms with Crippen LogP contribution in [0.25, 0.3) is 0 Å². The highest BCUT2D eigenvalue weighted by atomic mass is 16.6. The monoisotopic (exact) mass is 180 g/mol. The molecule has 0 spiro atoms. The van der Waals surface area contributed by atoms with E-state index in [1.165, 1.54) is 12.1 Å². The lowest BCUT2D eigenvalue weighted by Gasteiger charge is -1.97. The molecule has 0 radical (unpaired) electrons. The molecule has 13 heavy (non-hydrogen) atoms. The van der Waals surface area contributed by atoms with Crippen molar-refractivity contribution in [3.63, 3.8) is 0 Å². The maximum atomic E-state index is 10.4. The maximum absolute atomic E-state index is 10.4. The van der Waals surface area contributed by atoms with Crippen LogP contribution in [0.5, 0.6) is 0 Å². The van der Waals surface area contributed by atoms with Crippen LogP contribution in [-0.2, 0) is 0 Å². The van der Waals surface area contributed by atoms with Crippen molar-refractivity contribution in [3.05, 3.63) is 39.9 Å². The van der Waals surface area contributed by atoms with E-state index in [1.54, 1.807) is 19.1 Å². The standard InChI is InChI=1S/C8H8N2O3/c1-6(9-11)7-3-2-4-8(5-7)10(12)13/h2-5,11H,1H3/b9-6+. The Kier molecular flexibility index (Phi) is 2.59. The smallest absolute Gasteiger partial charge is 0.270 e. The van der Waals surface area contributed by atoms with E-state index in [4.69, 9.17) is 5.21 Å². The molecule has 0 saturated heterocycles. The number of hydrogen-bond acceptors (Lipinski definition) is 4. The van der Waals surface area contributed by atoms with Crippen molar-refractivity contribution in [1.29, 1.82) is 0 Å². The second-order valence-electron chi connectivity index (χ2n) is 2.49. The Hall–Kier alpha value is -1.91. The Bertz CT molecular complexity index is 360. The second kappa shape index (κ2) is 3.66. The first kappa shape index (κ1) is 9.18. The summed E-state index contributed by atoms with van der Waals surface area (Å²) in [6, 6.07) is 5.92. The number of rotatable bonds is 2. The van der Waals surface area contributed by atoms with E-state index in [9.17, 15) is 10.1 Å². The van der Waals surface area contributed by atoms with Crippen molar-refractivity contribution in [2.75, 3.05) is 0 Å². The molecule has 0 aliphatic rings. The van der Waals surface area contributed by atoms with E-state index in [1.807, 2.05) is 0 Å². The van der Waals surface area contributed by atoms with Crippen LogP contribution in [-0.4, -0.2) is 15.8 Å². The molecule has 0 aromatic heterocycles. The summed E-state index contributed by atoms with van der Waals surface area (Å²) < 4.78 is 0. The molecule has 1 aromatic rings. The first-order chi connectivity index (χ1) is 6.15. The first-order valence-corrected chi connectivity index (χ1v) is 3.58. The van der Waals surface area contributed by atoms with Gasteiger partial charge in [-0.25, -0.2) is 0 Å². The van der Waals surface area contributed by atoms with E-state index in [-0.39, 0.29) is 5.69 Å². The average molecular weight is 180 g/mol. The largest absolute Gasteiger partial charge is 0.411 e. The molecule has 0 bridgehead atoms. The molecule has 0 saturated carbocycles. The summed E-state index contributed by atoms with van der Waals surface area (Å²) in [5, 5.41) is 21.8. The van der Waals surface area contributed by atoms with Gasteiger partial charge in [-0.2, -0.15) is 0 Å². The third-order valence-corrected chi connectivity index (χ3v) is 1.62. The van der Waals surface area contributed by atoms with Gasteiger partial charge in [0, 0.05) is 17.7 Å². The van der Waals surface area contributed by atoms with Crippen LogP contribution < -0.4 is 0 Å². The van der Waals surface area contributed by atoms with Crippen molar-refractivity contribution in [2.24, 2.45) is 5.16 Å². The summed E-state index contributed by atoms with van der Waals surface area (Å²) in [5.74, 6) is 0. The van der Waals surface area contributed by atoms with Gasteiger partial charge in [-0.05, 0) is 6.92 Å². The number of non-ortho nitro benzene ring substituents is 1. The summed E-state index contributed by atoms with van der Waals surface area (Å²) in [6.07, 6.45) is 0. The fraction of sp³-hybridized carbons (Fsp3) is 0.125. The van der Waals surface area contributed by atoms with Gasteiger partial charge in [-0.3, -0.25) is 10.1 Å². The lowest BCUT2D eigenvalue weighted by molar-refractivity contribution is -0.384. The number of nitro groups is 1. The Morgan fingerprint density at radius 3 is 2.85 bits per heavy atom. The van der Waals surface area contributed by atoms with Crippen molar-refractivity contribution >= 4 is 11.4 Å². The van der Waals surface area contributed by atoms with E-state index < -0.39 is 4.92 Å². The zero-order valence-corrected chi connectivity index (χ0v) is 6.97. The molecule has 68 valence electrons. The molecule has 0 aliphatic carbocycles. The lowest BCUT2D eigenvalue weighted by atomic mass is 10.1. The highest BCUT2D eigenvalue weighted by Crippen LogP contribution is 2.13. The molecule has 0 fully saturated rings. The van der Waals surface area contributed by atoms with Crippen LogP contribution in [0.15, 0.2) is 29.4 Å². The van der Waals surface area contributed by atoms with Crippen LogP contribution in [0.3, 0.4) is 0 Å². The van der Waals surface area contributed by atoms with E-state index in [2.05, 4.69) is 5.16 Å². The van der Waals surface area contributed by atoms with Crippen molar-refractivity contribution in [3.8, 4) is 0 Å². The zero-order valence-electron chi connectivity index (χ0n) is 6.97. The fourth-order valence-electron chi connectivity index (χ4n) is 0.902. The van der Waals surface area contributed by atoms with Gasteiger partial charge in [0.05, 0.1) is 10.6 Å². The molecule has 0 amide bonds. The summed E-state index contributed by atoms with van der Waals surface area (Å²) in [7, 11) is 0. The molecular formula is C8H8N2O3. The maximum Gasteiger partial charge on any atom is 0.270 e. The molecule has 0 aliphatic heterocycles. The van der Waals surface area contributed by atoms with Crippen molar-refractivity contribution in [1.82, 2.24) is 0 Å². The molecule has 0 heterocycles. The number of oxime groups is 1. The third-order valence-electron chi connectivity index (χ3n) is 1.62. The summed E-state index contributed by atoms with van der Waals surface area (Å²) in [4.78, 5) is 9.88. The summed E-state index contributed by atoms with van der Waals surface area (Å²) in [5.41, 5.74) is 0.876. The van der Waals surface area contributed by atoms with Crippen LogP contribution in [0.1, 0.15) is 12.5 Å². The number of nitrogens with zero attached hydrogens (tertiary/aromatic N) is 2. The summed E-state index contributed by atoms with van der Waals surface area (Å²) in [6.45, 7) is 1.57. The minimum Gasteiger partial charge on any atom is -0.411 e. The molecule has 0 atom stereocenters. The van der Waals surface area contributed by atoms with Gasteiger partial charge in [0.1, 0.15) is 0 Å². The number of hydrogen-bond donors (Lipinski definition) is 1. The van der Waals surface area contributed by atoms with Crippen LogP contribution in [0, 0.1) is 10.1 Å². The predicted molar refractivity (Wildman–Crippen MR) is 47.1 cm³/mol. The van der Waals surface area contributed by atoms with Crippen LogP contribution >= 0.6 is 0 Å². The molecule has 1 N–H and O–H groups in total. The van der Waals surface area contributed by atoms with Crippen LogP contribution in [0.2, 0.25) is 0 Å². The minimum absolute atomic E-state index is 0.0134. The van der Waals surface area contributed by atoms with E-state index in [0.29, 0.717) is 11.3 Å². The number of benzene rings is 1. The average Bonchev–Trinajstić information content (AvgIpc) is 2.17. The third kappa shape index (κ3) is 2.02.